The van der Waals surface area contributed by atoms with Crippen molar-refractivity contribution in [3.05, 3.63) is 0 Å². The molecular weight excluding hydrogens is 136 g/mol. The molecule has 0 amide bonds. The van der Waals surface area contributed by atoms with E-state index in [9.17, 15) is 0 Å². The van der Waals surface area contributed by atoms with Crippen LogP contribution in [0, 0.1) is 5.92 Å². The van der Waals surface area contributed by atoms with Crippen molar-refractivity contribution >= 4 is 0 Å². The second-order valence-corrected chi connectivity index (χ2v) is 4.15. The van der Waals surface area contributed by atoms with E-state index in [1.807, 2.05) is 0 Å². The molecule has 1 aliphatic heterocycles. The van der Waals surface area contributed by atoms with Gasteiger partial charge in [-0.05, 0) is 26.2 Å². The number of nitrogens with two attached hydrogens (primary N) is 1. The summed E-state index contributed by atoms with van der Waals surface area (Å²) in [7, 11) is 0. The van der Waals surface area contributed by atoms with Gasteiger partial charge in [0.25, 0.3) is 0 Å². The van der Waals surface area contributed by atoms with Crippen LogP contribution in [0.3, 0.4) is 0 Å². The Kier molecular flexibility index (Phi) is 2.90. The Balaban J connectivity index is 2.43. The summed E-state index contributed by atoms with van der Waals surface area (Å²) in [5.74, 6) is 0.779. The van der Waals surface area contributed by atoms with E-state index in [2.05, 4.69) is 25.7 Å². The van der Waals surface area contributed by atoms with Gasteiger partial charge in [0.1, 0.15) is 0 Å². The van der Waals surface area contributed by atoms with Crippen molar-refractivity contribution in [3.63, 3.8) is 0 Å². The molecule has 0 aromatic carbocycles. The Hall–Kier alpha value is -0.0800. The fourth-order valence-corrected chi connectivity index (χ4v) is 1.86. The maximum atomic E-state index is 5.91. The van der Waals surface area contributed by atoms with E-state index < -0.39 is 0 Å². The lowest BCUT2D eigenvalue weighted by molar-refractivity contribution is 0.132. The first-order chi connectivity index (χ1) is 5.09. The minimum atomic E-state index is 0.404. The average molecular weight is 156 g/mol. The minimum absolute atomic E-state index is 0.404. The van der Waals surface area contributed by atoms with Crippen LogP contribution in [0.1, 0.15) is 27.2 Å². The van der Waals surface area contributed by atoms with Gasteiger partial charge in [-0.1, -0.05) is 6.92 Å². The van der Waals surface area contributed by atoms with Crippen LogP contribution in [0.5, 0.6) is 0 Å². The molecule has 0 aromatic rings. The summed E-state index contributed by atoms with van der Waals surface area (Å²) in [6.45, 7) is 9.08. The number of hydrogen-bond acceptors (Lipinski definition) is 2. The van der Waals surface area contributed by atoms with Gasteiger partial charge in [0, 0.05) is 25.2 Å². The fourth-order valence-electron chi connectivity index (χ4n) is 1.86. The van der Waals surface area contributed by atoms with E-state index in [0.717, 1.165) is 12.5 Å². The Morgan fingerprint density at radius 3 is 2.45 bits per heavy atom. The van der Waals surface area contributed by atoms with Crippen LogP contribution in [0.2, 0.25) is 0 Å². The second-order valence-electron chi connectivity index (χ2n) is 4.15. The molecule has 0 aromatic heterocycles. The van der Waals surface area contributed by atoms with E-state index in [1.165, 1.54) is 13.0 Å². The Labute approximate surface area is 69.8 Å². The van der Waals surface area contributed by atoms with Gasteiger partial charge in [0.2, 0.25) is 0 Å². The van der Waals surface area contributed by atoms with Gasteiger partial charge in [0.05, 0.1) is 0 Å². The van der Waals surface area contributed by atoms with Crippen molar-refractivity contribution in [1.82, 2.24) is 4.90 Å². The summed E-state index contributed by atoms with van der Waals surface area (Å²) in [6.07, 6.45) is 1.20. The molecule has 2 atom stereocenters. The van der Waals surface area contributed by atoms with Crippen LogP contribution in [0.15, 0.2) is 0 Å². The molecule has 11 heavy (non-hydrogen) atoms. The third kappa shape index (κ3) is 2.46. The lowest BCUT2D eigenvalue weighted by atomic mass is 9.96. The summed E-state index contributed by atoms with van der Waals surface area (Å²) >= 11 is 0. The van der Waals surface area contributed by atoms with Crippen molar-refractivity contribution in [1.29, 1.82) is 0 Å². The standard InChI is InChI=1S/C9H20N2/c1-7(2)11-5-8(3)4-9(10)6-11/h7-9H,4-6,10H2,1-3H3. The highest BCUT2D eigenvalue weighted by molar-refractivity contribution is 4.80. The first-order valence-corrected chi connectivity index (χ1v) is 4.59. The Bertz CT molecular complexity index is 113. The Morgan fingerprint density at radius 1 is 1.36 bits per heavy atom. The number of hydrogen-bond donors (Lipinski definition) is 1. The molecule has 0 saturated carbocycles. The normalized spacial score (nSPS) is 34.6. The lowest BCUT2D eigenvalue weighted by Gasteiger charge is -2.37. The molecule has 0 radical (unpaired) electrons. The molecule has 2 heteroatoms. The SMILES string of the molecule is CC1CC(N)CN(C(C)C)C1. The van der Waals surface area contributed by atoms with Crippen LogP contribution in [0.25, 0.3) is 0 Å². The Morgan fingerprint density at radius 2 is 2.00 bits per heavy atom. The van der Waals surface area contributed by atoms with Crippen LogP contribution >= 0.6 is 0 Å². The average Bonchev–Trinajstić information content (AvgIpc) is 1.85. The molecule has 66 valence electrons. The fraction of sp³-hybridized carbons (Fsp3) is 1.00. The zero-order valence-corrected chi connectivity index (χ0v) is 7.88. The van der Waals surface area contributed by atoms with Gasteiger partial charge >= 0.3 is 0 Å². The largest absolute Gasteiger partial charge is 0.327 e. The summed E-state index contributed by atoms with van der Waals surface area (Å²) < 4.78 is 0. The molecule has 1 saturated heterocycles. The van der Waals surface area contributed by atoms with E-state index in [-0.39, 0.29) is 0 Å². The van der Waals surface area contributed by atoms with Crippen LogP contribution in [-0.2, 0) is 0 Å². The molecule has 1 aliphatic rings. The summed E-state index contributed by atoms with van der Waals surface area (Å²) in [6, 6.07) is 1.06. The van der Waals surface area contributed by atoms with Crippen molar-refractivity contribution in [2.75, 3.05) is 13.1 Å². The molecular formula is C9H20N2. The number of nitrogens with zero attached hydrogens (tertiary/aromatic N) is 1. The van der Waals surface area contributed by atoms with E-state index >= 15 is 0 Å². The van der Waals surface area contributed by atoms with Crippen molar-refractivity contribution < 1.29 is 0 Å². The highest BCUT2D eigenvalue weighted by Gasteiger charge is 2.23. The van der Waals surface area contributed by atoms with Gasteiger partial charge < -0.3 is 5.73 Å². The second kappa shape index (κ2) is 3.55. The van der Waals surface area contributed by atoms with Gasteiger partial charge in [0.15, 0.2) is 0 Å². The van der Waals surface area contributed by atoms with Gasteiger partial charge in [-0.15, -0.1) is 0 Å². The molecule has 2 nitrogen and oxygen atoms in total. The first kappa shape index (κ1) is 9.01. The van der Waals surface area contributed by atoms with Crippen LogP contribution < -0.4 is 5.73 Å². The number of likely N-dealkylation sites (tertiary alicyclic amines) is 1. The molecule has 0 bridgehead atoms. The number of rotatable bonds is 1. The zero-order valence-electron chi connectivity index (χ0n) is 7.88. The van der Waals surface area contributed by atoms with Crippen LogP contribution in [-0.4, -0.2) is 30.1 Å². The minimum Gasteiger partial charge on any atom is -0.327 e. The first-order valence-electron chi connectivity index (χ1n) is 4.59. The molecule has 0 spiro atoms. The zero-order chi connectivity index (χ0) is 8.43. The molecule has 1 heterocycles. The summed E-state index contributed by atoms with van der Waals surface area (Å²) in [5, 5.41) is 0. The monoisotopic (exact) mass is 156 g/mol. The topological polar surface area (TPSA) is 29.3 Å². The lowest BCUT2D eigenvalue weighted by Crippen LogP contribution is -2.48. The number of piperidine rings is 1. The predicted octanol–water partition coefficient (Wildman–Crippen LogP) is 1.06. The molecule has 1 rings (SSSR count). The van der Waals surface area contributed by atoms with Gasteiger partial charge in [-0.25, -0.2) is 0 Å². The van der Waals surface area contributed by atoms with Gasteiger partial charge in [-0.2, -0.15) is 0 Å². The van der Waals surface area contributed by atoms with Gasteiger partial charge in [-0.3, -0.25) is 4.90 Å². The highest BCUT2D eigenvalue weighted by Crippen LogP contribution is 2.16. The highest BCUT2D eigenvalue weighted by atomic mass is 15.2. The maximum Gasteiger partial charge on any atom is 0.0170 e. The third-order valence-corrected chi connectivity index (χ3v) is 2.45. The van der Waals surface area contributed by atoms with Crippen molar-refractivity contribution in [2.45, 2.75) is 39.3 Å². The van der Waals surface area contributed by atoms with Crippen LogP contribution in [0.4, 0.5) is 0 Å². The third-order valence-electron chi connectivity index (χ3n) is 2.45. The van der Waals surface area contributed by atoms with E-state index in [4.69, 9.17) is 5.73 Å². The predicted molar refractivity (Wildman–Crippen MR) is 48.5 cm³/mol. The maximum absolute atomic E-state index is 5.91. The van der Waals surface area contributed by atoms with E-state index in [0.29, 0.717) is 12.1 Å². The molecule has 2 unspecified atom stereocenters. The van der Waals surface area contributed by atoms with E-state index in [1.54, 1.807) is 0 Å². The quantitative estimate of drug-likeness (QED) is 0.615. The molecule has 1 fully saturated rings. The van der Waals surface area contributed by atoms with Crippen molar-refractivity contribution in [2.24, 2.45) is 11.7 Å². The molecule has 2 N–H and O–H groups in total. The summed E-state index contributed by atoms with van der Waals surface area (Å²) in [4.78, 5) is 2.47. The summed E-state index contributed by atoms with van der Waals surface area (Å²) in [5.41, 5.74) is 5.91. The molecule has 0 aliphatic carbocycles. The smallest absolute Gasteiger partial charge is 0.0170 e. The van der Waals surface area contributed by atoms with Crippen molar-refractivity contribution in [3.8, 4) is 0 Å².